The fourth-order valence-electron chi connectivity index (χ4n) is 1.50. The molecule has 0 saturated carbocycles. The molecule has 16 heavy (non-hydrogen) atoms. The molecule has 0 aliphatic heterocycles. The van der Waals surface area contributed by atoms with Crippen molar-refractivity contribution in [2.75, 3.05) is 0 Å². The topological polar surface area (TPSA) is 17.1 Å². The number of carbonyl (C=O) groups excluding carboxylic acids is 1. The molecule has 0 spiro atoms. The summed E-state index contributed by atoms with van der Waals surface area (Å²) in [5.41, 5.74) is 2.10. The average molecular weight is 234 g/mol. The molecular weight excluding hydrogens is 223 g/mol. The maximum absolute atomic E-state index is 13.0. The van der Waals surface area contributed by atoms with Gasteiger partial charge in [-0.05, 0) is 53.1 Å². The normalized spacial score (nSPS) is 10.4. The number of carbonyl (C=O) groups is 1. The lowest BCUT2D eigenvalue weighted by Gasteiger charge is -2.02. The van der Waals surface area contributed by atoms with E-state index in [1.807, 2.05) is 16.8 Å². The maximum atomic E-state index is 13.0. The molecule has 2 aromatic rings. The van der Waals surface area contributed by atoms with E-state index in [0.717, 1.165) is 5.56 Å². The van der Waals surface area contributed by atoms with Crippen molar-refractivity contribution in [2.24, 2.45) is 0 Å². The number of ketones is 1. The fraction of sp³-hybridized carbons (Fsp3) is 0.154. The number of hydrogen-bond donors (Lipinski definition) is 0. The first-order chi connectivity index (χ1) is 7.66. The molecule has 0 amide bonds. The molecule has 1 nitrogen and oxygen atoms in total. The van der Waals surface area contributed by atoms with Gasteiger partial charge in [0.15, 0.2) is 5.78 Å². The number of benzene rings is 1. The summed E-state index contributed by atoms with van der Waals surface area (Å²) >= 11 is 1.57. The zero-order valence-corrected chi connectivity index (χ0v) is 9.68. The highest BCUT2D eigenvalue weighted by Gasteiger charge is 2.08. The zero-order chi connectivity index (χ0) is 11.5. The number of Topliss-reactive ketones (excluding diaryl/α,β-unsaturated/α-hetero) is 1. The van der Waals surface area contributed by atoms with E-state index < -0.39 is 0 Å². The van der Waals surface area contributed by atoms with Crippen LogP contribution in [0.2, 0.25) is 0 Å². The lowest BCUT2D eigenvalue weighted by molar-refractivity contribution is 0.0993. The molecule has 2 rings (SSSR count). The second kappa shape index (κ2) is 4.58. The van der Waals surface area contributed by atoms with E-state index in [-0.39, 0.29) is 11.6 Å². The summed E-state index contributed by atoms with van der Waals surface area (Å²) in [6, 6.07) is 6.41. The second-order valence-electron chi connectivity index (χ2n) is 3.70. The third-order valence-corrected chi connectivity index (χ3v) is 3.16. The molecule has 0 saturated heterocycles. The van der Waals surface area contributed by atoms with E-state index in [4.69, 9.17) is 0 Å². The first-order valence-corrected chi connectivity index (χ1v) is 5.91. The molecular formula is C13H11FOS. The molecule has 0 aliphatic rings. The Morgan fingerprint density at radius 2 is 2.19 bits per heavy atom. The molecule has 0 N–H and O–H groups in total. The Morgan fingerprint density at radius 3 is 2.81 bits per heavy atom. The van der Waals surface area contributed by atoms with Gasteiger partial charge in [0.25, 0.3) is 0 Å². The van der Waals surface area contributed by atoms with E-state index in [0.29, 0.717) is 17.5 Å². The number of thiophene rings is 1. The van der Waals surface area contributed by atoms with Crippen LogP contribution in [0.5, 0.6) is 0 Å². The van der Waals surface area contributed by atoms with E-state index in [9.17, 15) is 9.18 Å². The third-order valence-electron chi connectivity index (χ3n) is 2.42. The van der Waals surface area contributed by atoms with Crippen LogP contribution in [0.15, 0.2) is 35.0 Å². The monoisotopic (exact) mass is 234 g/mol. The predicted molar refractivity (Wildman–Crippen MR) is 63.5 cm³/mol. The first kappa shape index (κ1) is 11.0. The Bertz CT molecular complexity index is 503. The minimum absolute atomic E-state index is 0.0292. The molecule has 1 aromatic carbocycles. The SMILES string of the molecule is Cc1cc(C(=O)Cc2ccsc2)ccc1F. The lowest BCUT2D eigenvalue weighted by atomic mass is 10.0. The van der Waals surface area contributed by atoms with Crippen LogP contribution in [0.25, 0.3) is 0 Å². The Balaban J connectivity index is 2.18. The number of halogens is 1. The van der Waals surface area contributed by atoms with Gasteiger partial charge in [-0.15, -0.1) is 0 Å². The Kier molecular flexibility index (Phi) is 3.15. The van der Waals surface area contributed by atoms with E-state index in [2.05, 4.69) is 0 Å². The van der Waals surface area contributed by atoms with Crippen LogP contribution >= 0.6 is 11.3 Å². The molecule has 3 heteroatoms. The molecule has 0 aliphatic carbocycles. The van der Waals surface area contributed by atoms with Crippen molar-refractivity contribution in [3.63, 3.8) is 0 Å². The summed E-state index contributed by atoms with van der Waals surface area (Å²) in [5, 5.41) is 3.90. The van der Waals surface area contributed by atoms with E-state index in [1.54, 1.807) is 24.3 Å². The molecule has 0 atom stereocenters. The number of aryl methyl sites for hydroxylation is 1. The van der Waals surface area contributed by atoms with Gasteiger partial charge in [0.05, 0.1) is 0 Å². The minimum Gasteiger partial charge on any atom is -0.294 e. The molecule has 1 aromatic heterocycles. The van der Waals surface area contributed by atoms with Gasteiger partial charge >= 0.3 is 0 Å². The summed E-state index contributed by atoms with van der Waals surface area (Å²) in [6.07, 6.45) is 0.384. The summed E-state index contributed by atoms with van der Waals surface area (Å²) in [4.78, 5) is 11.9. The Labute approximate surface area is 97.6 Å². The Hall–Kier alpha value is -1.48. The van der Waals surface area contributed by atoms with Gasteiger partial charge in [-0.25, -0.2) is 4.39 Å². The van der Waals surface area contributed by atoms with Crippen LogP contribution < -0.4 is 0 Å². The van der Waals surface area contributed by atoms with Gasteiger partial charge in [-0.3, -0.25) is 4.79 Å². The van der Waals surface area contributed by atoms with Crippen molar-refractivity contribution < 1.29 is 9.18 Å². The van der Waals surface area contributed by atoms with Crippen LogP contribution in [0.1, 0.15) is 21.5 Å². The van der Waals surface area contributed by atoms with Gasteiger partial charge in [-0.2, -0.15) is 11.3 Å². The third kappa shape index (κ3) is 2.36. The van der Waals surface area contributed by atoms with Crippen molar-refractivity contribution >= 4 is 17.1 Å². The van der Waals surface area contributed by atoms with Crippen LogP contribution in [0.3, 0.4) is 0 Å². The maximum Gasteiger partial charge on any atom is 0.167 e. The van der Waals surface area contributed by atoms with Crippen LogP contribution in [-0.4, -0.2) is 5.78 Å². The van der Waals surface area contributed by atoms with E-state index >= 15 is 0 Å². The summed E-state index contributed by atoms with van der Waals surface area (Å²) in [7, 11) is 0. The minimum atomic E-state index is -0.271. The summed E-state index contributed by atoms with van der Waals surface area (Å²) in [5.74, 6) is -0.242. The molecule has 0 unspecified atom stereocenters. The zero-order valence-electron chi connectivity index (χ0n) is 8.87. The molecule has 82 valence electrons. The van der Waals surface area contributed by atoms with Crippen LogP contribution in [-0.2, 0) is 6.42 Å². The highest BCUT2D eigenvalue weighted by molar-refractivity contribution is 7.08. The number of hydrogen-bond acceptors (Lipinski definition) is 2. The van der Waals surface area contributed by atoms with Gasteiger partial charge in [0.1, 0.15) is 5.82 Å². The second-order valence-corrected chi connectivity index (χ2v) is 4.48. The molecule has 0 radical (unpaired) electrons. The highest BCUT2D eigenvalue weighted by atomic mass is 32.1. The quantitative estimate of drug-likeness (QED) is 0.741. The molecule has 0 bridgehead atoms. The predicted octanol–water partition coefficient (Wildman–Crippen LogP) is 3.62. The van der Waals surface area contributed by atoms with Crippen molar-refractivity contribution in [1.29, 1.82) is 0 Å². The van der Waals surface area contributed by atoms with Crippen LogP contribution in [0, 0.1) is 12.7 Å². The first-order valence-electron chi connectivity index (χ1n) is 4.97. The highest BCUT2D eigenvalue weighted by Crippen LogP contribution is 2.13. The Morgan fingerprint density at radius 1 is 1.38 bits per heavy atom. The van der Waals surface area contributed by atoms with Gasteiger partial charge in [0, 0.05) is 12.0 Å². The fourth-order valence-corrected chi connectivity index (χ4v) is 2.17. The van der Waals surface area contributed by atoms with Crippen LogP contribution in [0.4, 0.5) is 4.39 Å². The summed E-state index contributed by atoms with van der Waals surface area (Å²) in [6.45, 7) is 1.66. The van der Waals surface area contributed by atoms with Gasteiger partial charge in [0.2, 0.25) is 0 Å². The standard InChI is InChI=1S/C13H11FOS/c1-9-6-11(2-3-12(9)14)13(15)7-10-4-5-16-8-10/h2-6,8H,7H2,1H3. The van der Waals surface area contributed by atoms with Gasteiger partial charge < -0.3 is 0 Å². The van der Waals surface area contributed by atoms with Crippen molar-refractivity contribution in [1.82, 2.24) is 0 Å². The van der Waals surface area contributed by atoms with E-state index in [1.165, 1.54) is 12.1 Å². The van der Waals surface area contributed by atoms with Crippen molar-refractivity contribution in [3.8, 4) is 0 Å². The lowest BCUT2D eigenvalue weighted by Crippen LogP contribution is -2.03. The van der Waals surface area contributed by atoms with Crippen molar-refractivity contribution in [2.45, 2.75) is 13.3 Å². The molecule has 0 fully saturated rings. The van der Waals surface area contributed by atoms with Gasteiger partial charge in [-0.1, -0.05) is 0 Å². The average Bonchev–Trinajstić information content (AvgIpc) is 2.74. The number of rotatable bonds is 3. The summed E-state index contributed by atoms with van der Waals surface area (Å²) < 4.78 is 13.0. The smallest absolute Gasteiger partial charge is 0.167 e. The molecule has 1 heterocycles. The largest absolute Gasteiger partial charge is 0.294 e. The van der Waals surface area contributed by atoms with Crippen molar-refractivity contribution in [3.05, 3.63) is 57.5 Å².